The number of hydrogen-bond donors (Lipinski definition) is 3. The molecule has 3 N–H and O–H groups in total. The molecular formula is C23H22N4O. The lowest BCUT2D eigenvalue weighted by atomic mass is 10.1. The van der Waals surface area contributed by atoms with E-state index in [4.69, 9.17) is 0 Å². The number of hydrogen-bond acceptors (Lipinski definition) is 3. The van der Waals surface area contributed by atoms with Crippen LogP contribution in [0.1, 0.15) is 21.5 Å². The van der Waals surface area contributed by atoms with Crippen molar-refractivity contribution in [3.63, 3.8) is 0 Å². The Balaban J connectivity index is 1.33. The Morgan fingerprint density at radius 1 is 1.00 bits per heavy atom. The van der Waals surface area contributed by atoms with Gasteiger partial charge in [0.05, 0.1) is 0 Å². The molecule has 0 spiro atoms. The SMILES string of the molecule is O=C(NCc1ccccc1)c1ccnc(NCCc2c[nH]c3ccccc23)c1. The number of carbonyl (C=O) groups is 1. The highest BCUT2D eigenvalue weighted by Gasteiger charge is 2.07. The lowest BCUT2D eigenvalue weighted by Crippen LogP contribution is -2.23. The molecule has 0 aliphatic carbocycles. The smallest absolute Gasteiger partial charge is 0.251 e. The van der Waals surface area contributed by atoms with Crippen LogP contribution in [0.4, 0.5) is 5.82 Å². The lowest BCUT2D eigenvalue weighted by molar-refractivity contribution is 0.0951. The maximum Gasteiger partial charge on any atom is 0.251 e. The van der Waals surface area contributed by atoms with E-state index in [1.807, 2.05) is 48.7 Å². The average molecular weight is 370 g/mol. The molecule has 1 amide bonds. The van der Waals surface area contributed by atoms with Gasteiger partial charge in [0.2, 0.25) is 0 Å². The second-order valence-electron chi connectivity index (χ2n) is 6.63. The largest absolute Gasteiger partial charge is 0.370 e. The number of nitrogens with one attached hydrogen (secondary N) is 3. The zero-order valence-corrected chi connectivity index (χ0v) is 15.5. The first-order chi connectivity index (χ1) is 13.8. The molecule has 2 heterocycles. The fourth-order valence-corrected chi connectivity index (χ4v) is 3.21. The lowest BCUT2D eigenvalue weighted by Gasteiger charge is -2.08. The normalized spacial score (nSPS) is 10.7. The molecule has 140 valence electrons. The van der Waals surface area contributed by atoms with Crippen molar-refractivity contribution < 1.29 is 4.79 Å². The van der Waals surface area contributed by atoms with Gasteiger partial charge >= 0.3 is 0 Å². The second kappa shape index (κ2) is 8.39. The van der Waals surface area contributed by atoms with Crippen molar-refractivity contribution in [2.45, 2.75) is 13.0 Å². The van der Waals surface area contributed by atoms with Gasteiger partial charge in [0, 0.05) is 41.9 Å². The van der Waals surface area contributed by atoms with E-state index in [1.165, 1.54) is 10.9 Å². The van der Waals surface area contributed by atoms with Crippen LogP contribution in [0.15, 0.2) is 79.1 Å². The number of rotatable bonds is 7. The summed E-state index contributed by atoms with van der Waals surface area (Å²) >= 11 is 0. The van der Waals surface area contributed by atoms with Crippen LogP contribution >= 0.6 is 0 Å². The topological polar surface area (TPSA) is 69.8 Å². The maximum atomic E-state index is 12.4. The number of anilines is 1. The minimum Gasteiger partial charge on any atom is -0.370 e. The summed E-state index contributed by atoms with van der Waals surface area (Å²) in [5.74, 6) is 0.595. The number of benzene rings is 2. The highest BCUT2D eigenvalue weighted by Crippen LogP contribution is 2.18. The molecule has 0 bridgehead atoms. The average Bonchev–Trinajstić information content (AvgIpc) is 3.16. The van der Waals surface area contributed by atoms with Gasteiger partial charge in [-0.15, -0.1) is 0 Å². The first kappa shape index (κ1) is 17.8. The predicted molar refractivity (Wildman–Crippen MR) is 112 cm³/mol. The summed E-state index contributed by atoms with van der Waals surface area (Å²) in [6.07, 6.45) is 4.58. The zero-order valence-electron chi connectivity index (χ0n) is 15.5. The third kappa shape index (κ3) is 4.20. The Labute approximate surface area is 163 Å². The van der Waals surface area contributed by atoms with E-state index >= 15 is 0 Å². The van der Waals surface area contributed by atoms with Gasteiger partial charge in [-0.3, -0.25) is 4.79 Å². The molecule has 0 unspecified atom stereocenters. The van der Waals surface area contributed by atoms with Crippen LogP contribution in [0.2, 0.25) is 0 Å². The van der Waals surface area contributed by atoms with Crippen molar-refractivity contribution in [1.82, 2.24) is 15.3 Å². The van der Waals surface area contributed by atoms with Gasteiger partial charge < -0.3 is 15.6 Å². The molecular weight excluding hydrogens is 348 g/mol. The van der Waals surface area contributed by atoms with Crippen molar-refractivity contribution >= 4 is 22.6 Å². The summed E-state index contributed by atoms with van der Waals surface area (Å²) in [4.78, 5) is 20.0. The van der Waals surface area contributed by atoms with Gasteiger partial charge in [-0.1, -0.05) is 48.5 Å². The minimum atomic E-state index is -0.106. The molecule has 0 saturated heterocycles. The maximum absolute atomic E-state index is 12.4. The van der Waals surface area contributed by atoms with Crippen LogP contribution in [0.5, 0.6) is 0 Å². The third-order valence-corrected chi connectivity index (χ3v) is 4.69. The Kier molecular flexibility index (Phi) is 5.33. The monoisotopic (exact) mass is 370 g/mol. The van der Waals surface area contributed by atoms with Crippen molar-refractivity contribution in [3.8, 4) is 0 Å². The molecule has 0 fully saturated rings. The predicted octanol–water partition coefficient (Wildman–Crippen LogP) is 4.15. The third-order valence-electron chi connectivity index (χ3n) is 4.69. The summed E-state index contributed by atoms with van der Waals surface area (Å²) in [5, 5.41) is 7.50. The second-order valence-corrected chi connectivity index (χ2v) is 6.63. The quantitative estimate of drug-likeness (QED) is 0.458. The molecule has 0 radical (unpaired) electrons. The van der Waals surface area contributed by atoms with E-state index in [0.29, 0.717) is 17.9 Å². The molecule has 0 atom stereocenters. The van der Waals surface area contributed by atoms with Gasteiger partial charge in [0.1, 0.15) is 5.82 Å². The van der Waals surface area contributed by atoms with Gasteiger partial charge in [-0.25, -0.2) is 4.98 Å². The van der Waals surface area contributed by atoms with Crippen LogP contribution in [-0.4, -0.2) is 22.4 Å². The molecule has 4 rings (SSSR count). The van der Waals surface area contributed by atoms with Gasteiger partial charge in [0.15, 0.2) is 0 Å². The molecule has 28 heavy (non-hydrogen) atoms. The van der Waals surface area contributed by atoms with Crippen molar-refractivity contribution in [2.75, 3.05) is 11.9 Å². The number of amides is 1. The van der Waals surface area contributed by atoms with Gasteiger partial charge in [-0.2, -0.15) is 0 Å². The Morgan fingerprint density at radius 3 is 2.71 bits per heavy atom. The van der Waals surface area contributed by atoms with E-state index in [0.717, 1.165) is 24.0 Å². The Morgan fingerprint density at radius 2 is 1.82 bits per heavy atom. The molecule has 2 aromatic carbocycles. The molecule has 0 aliphatic rings. The molecule has 0 aliphatic heterocycles. The molecule has 5 heteroatoms. The number of H-pyrrole nitrogens is 1. The van der Waals surface area contributed by atoms with Crippen molar-refractivity contribution in [1.29, 1.82) is 0 Å². The summed E-state index contributed by atoms with van der Waals surface area (Å²) in [7, 11) is 0. The minimum absolute atomic E-state index is 0.106. The number of pyridine rings is 1. The first-order valence-corrected chi connectivity index (χ1v) is 9.36. The Hall–Kier alpha value is -3.60. The highest BCUT2D eigenvalue weighted by atomic mass is 16.1. The summed E-state index contributed by atoms with van der Waals surface area (Å²) in [5.41, 5.74) is 4.08. The van der Waals surface area contributed by atoms with Crippen LogP contribution in [0, 0.1) is 0 Å². The summed E-state index contributed by atoms with van der Waals surface area (Å²) < 4.78 is 0. The fourth-order valence-electron chi connectivity index (χ4n) is 3.21. The number of aromatic amines is 1. The number of aromatic nitrogens is 2. The summed E-state index contributed by atoms with van der Waals surface area (Å²) in [6, 6.07) is 21.7. The van der Waals surface area contributed by atoms with Crippen LogP contribution in [0.25, 0.3) is 10.9 Å². The standard InChI is InChI=1S/C23H22N4O/c28-23(27-15-17-6-2-1-3-7-17)18-10-12-24-22(14-18)25-13-11-19-16-26-21-9-5-4-8-20(19)21/h1-10,12,14,16,26H,11,13,15H2,(H,24,25)(H,27,28). The van der Waals surface area contributed by atoms with E-state index in [2.05, 4.69) is 32.7 Å². The number of fused-ring (bicyclic) bond motifs is 1. The molecule has 4 aromatic rings. The molecule has 2 aromatic heterocycles. The van der Waals surface area contributed by atoms with Gasteiger partial charge in [-0.05, 0) is 35.7 Å². The van der Waals surface area contributed by atoms with Crippen LogP contribution in [0.3, 0.4) is 0 Å². The molecule has 5 nitrogen and oxygen atoms in total. The zero-order chi connectivity index (χ0) is 19.2. The summed E-state index contributed by atoms with van der Waals surface area (Å²) in [6.45, 7) is 1.25. The van der Waals surface area contributed by atoms with E-state index in [9.17, 15) is 4.79 Å². The van der Waals surface area contributed by atoms with E-state index < -0.39 is 0 Å². The van der Waals surface area contributed by atoms with Gasteiger partial charge in [0.25, 0.3) is 5.91 Å². The number of para-hydroxylation sites is 1. The first-order valence-electron chi connectivity index (χ1n) is 9.36. The highest BCUT2D eigenvalue weighted by molar-refractivity contribution is 5.94. The van der Waals surface area contributed by atoms with Crippen LogP contribution < -0.4 is 10.6 Å². The number of nitrogens with zero attached hydrogens (tertiary/aromatic N) is 1. The Bertz CT molecular complexity index is 1070. The van der Waals surface area contributed by atoms with Crippen molar-refractivity contribution in [2.24, 2.45) is 0 Å². The fraction of sp³-hybridized carbons (Fsp3) is 0.130. The number of carbonyl (C=O) groups excluding carboxylic acids is 1. The van der Waals surface area contributed by atoms with E-state index in [-0.39, 0.29) is 5.91 Å². The van der Waals surface area contributed by atoms with Crippen molar-refractivity contribution in [3.05, 3.63) is 95.8 Å². The van der Waals surface area contributed by atoms with E-state index in [1.54, 1.807) is 18.3 Å². The van der Waals surface area contributed by atoms with Crippen LogP contribution in [-0.2, 0) is 13.0 Å². The molecule has 0 saturated carbocycles.